The Balaban J connectivity index is 2.23. The summed E-state index contributed by atoms with van der Waals surface area (Å²) < 4.78 is 5.70. The summed E-state index contributed by atoms with van der Waals surface area (Å²) in [6.07, 6.45) is 35.3. The summed E-state index contributed by atoms with van der Waals surface area (Å²) in [6, 6.07) is 0. The Hall–Kier alpha value is -2.12. The molecule has 1 aliphatic rings. The zero-order valence-corrected chi connectivity index (χ0v) is 28.7. The van der Waals surface area contributed by atoms with Crippen LogP contribution in [0.15, 0.2) is 93.7 Å². The molecule has 0 aliphatic carbocycles. The van der Waals surface area contributed by atoms with E-state index in [4.69, 9.17) is 4.74 Å². The van der Waals surface area contributed by atoms with E-state index in [1.54, 1.807) is 0 Å². The molecule has 1 rings (SSSR count). The highest BCUT2D eigenvalue weighted by Crippen LogP contribution is 2.39. The van der Waals surface area contributed by atoms with Gasteiger partial charge < -0.3 is 4.74 Å². The second kappa shape index (κ2) is 20.7. The summed E-state index contributed by atoms with van der Waals surface area (Å²) in [5.41, 5.74) is 10.5. The molecule has 1 aliphatic heterocycles. The van der Waals surface area contributed by atoms with Crippen LogP contribution in [0.3, 0.4) is 0 Å². The zero-order chi connectivity index (χ0) is 30.7. The largest absolute Gasteiger partial charge is 0.367 e. The Morgan fingerprint density at radius 1 is 0.488 bits per heavy atom. The van der Waals surface area contributed by atoms with Crippen molar-refractivity contribution in [1.29, 1.82) is 0 Å². The first-order valence-corrected chi connectivity index (χ1v) is 16.3. The molecule has 1 saturated heterocycles. The molecule has 1 heteroatoms. The molecule has 0 saturated carbocycles. The molecule has 0 bridgehead atoms. The summed E-state index contributed by atoms with van der Waals surface area (Å²) in [7, 11) is 0. The Labute approximate surface area is 256 Å². The average Bonchev–Trinajstić information content (AvgIpc) is 3.51. The minimum atomic E-state index is 0.122. The molecule has 41 heavy (non-hydrogen) atoms. The highest BCUT2D eigenvalue weighted by Gasteiger charge is 2.46. The van der Waals surface area contributed by atoms with Crippen LogP contribution in [0, 0.1) is 0 Å². The molecule has 1 unspecified atom stereocenters. The van der Waals surface area contributed by atoms with Crippen LogP contribution in [0.25, 0.3) is 0 Å². The van der Waals surface area contributed by atoms with Gasteiger partial charge in [0.05, 0.1) is 11.7 Å². The van der Waals surface area contributed by atoms with E-state index in [0.29, 0.717) is 6.10 Å². The summed E-state index contributed by atoms with van der Waals surface area (Å²) >= 11 is 0. The van der Waals surface area contributed by atoms with Crippen molar-refractivity contribution in [2.24, 2.45) is 0 Å². The van der Waals surface area contributed by atoms with Gasteiger partial charge in [0.25, 0.3) is 0 Å². The number of hydrogen-bond donors (Lipinski definition) is 0. The molecule has 0 aromatic heterocycles. The van der Waals surface area contributed by atoms with Gasteiger partial charge in [-0.15, -0.1) is 0 Å². The topological polar surface area (TPSA) is 12.5 Å². The fourth-order valence-electron chi connectivity index (χ4n) is 4.89. The lowest BCUT2D eigenvalue weighted by Gasteiger charge is -2.03. The maximum absolute atomic E-state index is 5.70. The molecular weight excluding hydrogens is 496 g/mol. The van der Waals surface area contributed by atoms with E-state index in [9.17, 15) is 0 Å². The highest BCUT2D eigenvalue weighted by molar-refractivity contribution is 5.19. The predicted molar refractivity (Wildman–Crippen MR) is 185 cm³/mol. The lowest BCUT2D eigenvalue weighted by molar-refractivity contribution is 0.320. The zero-order valence-electron chi connectivity index (χ0n) is 28.7. The van der Waals surface area contributed by atoms with E-state index in [1.165, 1.54) is 58.3 Å². The molecule has 0 amide bonds. The first kappa shape index (κ1) is 36.9. The smallest absolute Gasteiger partial charge is 0.0892 e. The highest BCUT2D eigenvalue weighted by atomic mass is 16.6. The molecule has 1 heterocycles. The quantitative estimate of drug-likeness (QED) is 0.0819. The van der Waals surface area contributed by atoms with E-state index in [2.05, 4.69) is 124 Å². The van der Waals surface area contributed by atoms with Crippen LogP contribution in [-0.2, 0) is 4.74 Å². The van der Waals surface area contributed by atoms with Crippen molar-refractivity contribution >= 4 is 0 Å². The van der Waals surface area contributed by atoms with Crippen LogP contribution < -0.4 is 0 Å². The minimum Gasteiger partial charge on any atom is -0.367 e. The third-order valence-corrected chi connectivity index (χ3v) is 8.05. The molecule has 0 aromatic rings. The fourth-order valence-corrected chi connectivity index (χ4v) is 4.89. The molecule has 1 fully saturated rings. The van der Waals surface area contributed by atoms with E-state index < -0.39 is 0 Å². The second-order valence-corrected chi connectivity index (χ2v) is 13.3. The van der Waals surface area contributed by atoms with Crippen molar-refractivity contribution in [2.45, 2.75) is 158 Å². The third kappa shape index (κ3) is 20.4. The standard InChI is InChI=1S/C40H64O/c1-32(2)18-13-21-35(5)24-16-27-36(6)25-14-22-33(3)19-11-12-20-34(4)23-15-26-37(7)28-17-29-38(8)30-31-39-40(9,10)41-39/h11-12,18-20,24-26,29,39H,13-17,21-23,27-28,30-31H2,1-10H3. The van der Waals surface area contributed by atoms with E-state index in [-0.39, 0.29) is 5.60 Å². The SMILES string of the molecule is CC(C)=CCCC(C)=CCCC(C)=CCCC(C)=CC=CC=C(C)CCC=C(C)CCC=C(C)CCC1OC1(C)C. The van der Waals surface area contributed by atoms with Crippen molar-refractivity contribution in [2.75, 3.05) is 0 Å². The van der Waals surface area contributed by atoms with Gasteiger partial charge in [0.1, 0.15) is 0 Å². The van der Waals surface area contributed by atoms with Gasteiger partial charge >= 0.3 is 0 Å². The lowest BCUT2D eigenvalue weighted by Crippen LogP contribution is -2.02. The lowest BCUT2D eigenvalue weighted by atomic mass is 10.0. The molecule has 0 N–H and O–H groups in total. The molecule has 0 radical (unpaired) electrons. The van der Waals surface area contributed by atoms with Crippen LogP contribution in [0.5, 0.6) is 0 Å². The van der Waals surface area contributed by atoms with Crippen molar-refractivity contribution in [3.63, 3.8) is 0 Å². The van der Waals surface area contributed by atoms with E-state index >= 15 is 0 Å². The van der Waals surface area contributed by atoms with Crippen LogP contribution in [0.4, 0.5) is 0 Å². The fraction of sp³-hybridized carbons (Fsp3) is 0.600. The summed E-state index contributed by atoms with van der Waals surface area (Å²) in [6.45, 7) is 22.3. The Morgan fingerprint density at radius 2 is 0.805 bits per heavy atom. The molecule has 1 nitrogen and oxygen atoms in total. The number of hydrogen-bond acceptors (Lipinski definition) is 1. The van der Waals surface area contributed by atoms with Gasteiger partial charge in [-0.3, -0.25) is 0 Å². The van der Waals surface area contributed by atoms with Crippen molar-refractivity contribution in [3.05, 3.63) is 93.7 Å². The molecule has 230 valence electrons. The molecular formula is C40H64O. The summed E-state index contributed by atoms with van der Waals surface area (Å²) in [5.74, 6) is 0. The van der Waals surface area contributed by atoms with Crippen LogP contribution >= 0.6 is 0 Å². The maximum Gasteiger partial charge on any atom is 0.0892 e. The Bertz CT molecular complexity index is 1010. The normalized spacial score (nSPS) is 18.8. The van der Waals surface area contributed by atoms with Gasteiger partial charge in [-0.25, -0.2) is 0 Å². The summed E-state index contributed by atoms with van der Waals surface area (Å²) in [4.78, 5) is 0. The minimum absolute atomic E-state index is 0.122. The Kier molecular flexibility index (Phi) is 18.6. The average molecular weight is 561 g/mol. The maximum atomic E-state index is 5.70. The molecule has 0 aromatic carbocycles. The van der Waals surface area contributed by atoms with Gasteiger partial charge in [-0.2, -0.15) is 0 Å². The van der Waals surface area contributed by atoms with Crippen LogP contribution in [-0.4, -0.2) is 11.7 Å². The van der Waals surface area contributed by atoms with Crippen molar-refractivity contribution < 1.29 is 4.74 Å². The first-order valence-electron chi connectivity index (χ1n) is 16.3. The summed E-state index contributed by atoms with van der Waals surface area (Å²) in [5, 5.41) is 0. The first-order chi connectivity index (χ1) is 19.4. The molecule has 1 atom stereocenters. The van der Waals surface area contributed by atoms with Crippen LogP contribution in [0.1, 0.15) is 146 Å². The predicted octanol–water partition coefficient (Wildman–Crippen LogP) is 13.0. The van der Waals surface area contributed by atoms with Crippen molar-refractivity contribution in [1.82, 2.24) is 0 Å². The van der Waals surface area contributed by atoms with E-state index in [0.717, 1.165) is 57.8 Å². The number of ether oxygens (including phenoxy) is 1. The number of allylic oxidation sites excluding steroid dienone is 16. The van der Waals surface area contributed by atoms with Crippen LogP contribution in [0.2, 0.25) is 0 Å². The molecule has 0 spiro atoms. The van der Waals surface area contributed by atoms with Gasteiger partial charge in [0.2, 0.25) is 0 Å². The van der Waals surface area contributed by atoms with Gasteiger partial charge in [-0.1, -0.05) is 93.7 Å². The van der Waals surface area contributed by atoms with Crippen molar-refractivity contribution in [3.8, 4) is 0 Å². The number of epoxide rings is 1. The second-order valence-electron chi connectivity index (χ2n) is 13.3. The van der Waals surface area contributed by atoms with E-state index in [1.807, 2.05) is 0 Å². The van der Waals surface area contributed by atoms with Gasteiger partial charge in [0, 0.05) is 0 Å². The van der Waals surface area contributed by atoms with Gasteiger partial charge in [0.15, 0.2) is 0 Å². The third-order valence-electron chi connectivity index (χ3n) is 8.05. The number of rotatable bonds is 20. The Morgan fingerprint density at radius 3 is 1.15 bits per heavy atom. The monoisotopic (exact) mass is 560 g/mol. The van der Waals surface area contributed by atoms with Gasteiger partial charge in [-0.05, 0) is 146 Å².